The largest absolute Gasteiger partial charge is 0.378 e. The maximum Gasteiger partial charge on any atom is 0.254 e. The number of ether oxygens (including phenoxy) is 1. The van der Waals surface area contributed by atoms with E-state index >= 15 is 0 Å². The van der Waals surface area contributed by atoms with Crippen LogP contribution in [-0.4, -0.2) is 37.1 Å². The molecule has 0 spiro atoms. The van der Waals surface area contributed by atoms with Crippen molar-refractivity contribution in [2.24, 2.45) is 0 Å². The average Bonchev–Trinajstić information content (AvgIpc) is 2.56. The van der Waals surface area contributed by atoms with Gasteiger partial charge in [-0.3, -0.25) is 4.79 Å². The van der Waals surface area contributed by atoms with Crippen molar-refractivity contribution in [3.05, 3.63) is 71.3 Å². The first kappa shape index (κ1) is 13.8. The summed E-state index contributed by atoms with van der Waals surface area (Å²) in [5, 5.41) is 0. The number of hydrogen-bond donors (Lipinski definition) is 0. The highest BCUT2D eigenvalue weighted by Crippen LogP contribution is 2.17. The Morgan fingerprint density at radius 1 is 0.952 bits per heavy atom. The molecular formula is C18H19NO2. The Morgan fingerprint density at radius 3 is 2.38 bits per heavy atom. The van der Waals surface area contributed by atoms with Crippen molar-refractivity contribution < 1.29 is 9.53 Å². The summed E-state index contributed by atoms with van der Waals surface area (Å²) in [6.45, 7) is 2.62. The highest BCUT2D eigenvalue weighted by atomic mass is 16.5. The molecule has 1 amide bonds. The molecule has 0 aliphatic carbocycles. The van der Waals surface area contributed by atoms with E-state index in [2.05, 4.69) is 12.1 Å². The maximum absolute atomic E-state index is 12.7. The summed E-state index contributed by atoms with van der Waals surface area (Å²) in [5.41, 5.74) is 3.11. The van der Waals surface area contributed by atoms with E-state index in [0.717, 1.165) is 17.5 Å². The van der Waals surface area contributed by atoms with Crippen LogP contribution < -0.4 is 0 Å². The average molecular weight is 281 g/mol. The zero-order valence-electron chi connectivity index (χ0n) is 12.0. The van der Waals surface area contributed by atoms with Crippen LogP contribution >= 0.6 is 0 Å². The van der Waals surface area contributed by atoms with Crippen LogP contribution in [0.1, 0.15) is 21.5 Å². The Balaban J connectivity index is 1.83. The molecule has 1 fully saturated rings. The number of benzene rings is 2. The third-order valence-electron chi connectivity index (χ3n) is 3.78. The second-order valence-electron chi connectivity index (χ2n) is 5.22. The lowest BCUT2D eigenvalue weighted by molar-refractivity contribution is 0.0302. The van der Waals surface area contributed by atoms with Gasteiger partial charge in [-0.1, -0.05) is 48.5 Å². The smallest absolute Gasteiger partial charge is 0.254 e. The van der Waals surface area contributed by atoms with Gasteiger partial charge in [0.1, 0.15) is 0 Å². The Hall–Kier alpha value is -2.13. The fraction of sp³-hybridized carbons (Fsp3) is 0.278. The van der Waals surface area contributed by atoms with E-state index in [1.54, 1.807) is 0 Å². The minimum absolute atomic E-state index is 0.116. The van der Waals surface area contributed by atoms with Crippen LogP contribution in [0.15, 0.2) is 54.6 Å². The van der Waals surface area contributed by atoms with E-state index in [1.807, 2.05) is 47.4 Å². The van der Waals surface area contributed by atoms with Crippen molar-refractivity contribution in [3.63, 3.8) is 0 Å². The fourth-order valence-electron chi connectivity index (χ4n) is 2.64. The fourth-order valence-corrected chi connectivity index (χ4v) is 2.64. The van der Waals surface area contributed by atoms with Crippen molar-refractivity contribution in [3.8, 4) is 0 Å². The van der Waals surface area contributed by atoms with Gasteiger partial charge in [-0.25, -0.2) is 0 Å². The van der Waals surface area contributed by atoms with Crippen LogP contribution in [0.2, 0.25) is 0 Å². The Labute approximate surface area is 125 Å². The minimum Gasteiger partial charge on any atom is -0.378 e. The molecule has 3 rings (SSSR count). The third kappa shape index (κ3) is 3.31. The monoisotopic (exact) mass is 281 g/mol. The summed E-state index contributed by atoms with van der Waals surface area (Å²) in [6.07, 6.45) is 0.785. The quantitative estimate of drug-likeness (QED) is 0.866. The van der Waals surface area contributed by atoms with Gasteiger partial charge < -0.3 is 9.64 Å². The number of carbonyl (C=O) groups is 1. The van der Waals surface area contributed by atoms with Crippen molar-refractivity contribution in [2.45, 2.75) is 6.42 Å². The molecule has 108 valence electrons. The third-order valence-corrected chi connectivity index (χ3v) is 3.78. The Bertz CT molecular complexity index is 604. The Kier molecular flexibility index (Phi) is 4.31. The molecule has 1 aliphatic rings. The van der Waals surface area contributed by atoms with Crippen LogP contribution in [0.3, 0.4) is 0 Å². The second kappa shape index (κ2) is 6.55. The SMILES string of the molecule is O=C(c1ccccc1Cc1ccccc1)N1CCOCC1. The summed E-state index contributed by atoms with van der Waals surface area (Å²) < 4.78 is 5.32. The summed E-state index contributed by atoms with van der Waals surface area (Å²) in [5.74, 6) is 0.116. The molecule has 0 N–H and O–H groups in total. The lowest BCUT2D eigenvalue weighted by Gasteiger charge is -2.27. The summed E-state index contributed by atoms with van der Waals surface area (Å²) >= 11 is 0. The molecular weight excluding hydrogens is 262 g/mol. The number of nitrogens with zero attached hydrogens (tertiary/aromatic N) is 1. The molecule has 0 saturated carbocycles. The topological polar surface area (TPSA) is 29.5 Å². The van der Waals surface area contributed by atoms with Crippen LogP contribution in [0.25, 0.3) is 0 Å². The zero-order chi connectivity index (χ0) is 14.5. The number of hydrogen-bond acceptors (Lipinski definition) is 2. The Morgan fingerprint density at radius 2 is 1.62 bits per heavy atom. The molecule has 0 unspecified atom stereocenters. The van der Waals surface area contributed by atoms with Crippen molar-refractivity contribution >= 4 is 5.91 Å². The van der Waals surface area contributed by atoms with Gasteiger partial charge in [0, 0.05) is 18.7 Å². The van der Waals surface area contributed by atoms with E-state index in [4.69, 9.17) is 4.74 Å². The van der Waals surface area contributed by atoms with E-state index in [9.17, 15) is 4.79 Å². The summed E-state index contributed by atoms with van der Waals surface area (Å²) in [7, 11) is 0. The summed E-state index contributed by atoms with van der Waals surface area (Å²) in [4.78, 5) is 14.6. The molecule has 0 radical (unpaired) electrons. The highest BCUT2D eigenvalue weighted by molar-refractivity contribution is 5.95. The predicted octanol–water partition coefficient (Wildman–Crippen LogP) is 2.75. The number of morpholine rings is 1. The summed E-state index contributed by atoms with van der Waals surface area (Å²) in [6, 6.07) is 18.1. The van der Waals surface area contributed by atoms with Crippen molar-refractivity contribution in [1.82, 2.24) is 4.90 Å². The molecule has 0 bridgehead atoms. The second-order valence-corrected chi connectivity index (χ2v) is 5.22. The van der Waals surface area contributed by atoms with Gasteiger partial charge in [-0.2, -0.15) is 0 Å². The molecule has 1 saturated heterocycles. The molecule has 3 nitrogen and oxygen atoms in total. The lowest BCUT2D eigenvalue weighted by atomic mass is 9.99. The van der Waals surface area contributed by atoms with Gasteiger partial charge in [-0.05, 0) is 23.6 Å². The van der Waals surface area contributed by atoms with Crippen molar-refractivity contribution in [2.75, 3.05) is 26.3 Å². The van der Waals surface area contributed by atoms with Gasteiger partial charge in [0.15, 0.2) is 0 Å². The van der Waals surface area contributed by atoms with Gasteiger partial charge in [-0.15, -0.1) is 0 Å². The van der Waals surface area contributed by atoms with Gasteiger partial charge in [0.05, 0.1) is 13.2 Å². The van der Waals surface area contributed by atoms with Gasteiger partial charge in [0.2, 0.25) is 0 Å². The maximum atomic E-state index is 12.7. The molecule has 2 aromatic rings. The zero-order valence-corrected chi connectivity index (χ0v) is 12.0. The normalized spacial score (nSPS) is 15.0. The van der Waals surface area contributed by atoms with Gasteiger partial charge >= 0.3 is 0 Å². The van der Waals surface area contributed by atoms with Crippen LogP contribution in [-0.2, 0) is 11.2 Å². The highest BCUT2D eigenvalue weighted by Gasteiger charge is 2.20. The van der Waals surface area contributed by atoms with Crippen LogP contribution in [0.5, 0.6) is 0 Å². The van der Waals surface area contributed by atoms with Gasteiger partial charge in [0.25, 0.3) is 5.91 Å². The van der Waals surface area contributed by atoms with Crippen molar-refractivity contribution in [1.29, 1.82) is 0 Å². The molecule has 3 heteroatoms. The van der Waals surface area contributed by atoms with E-state index in [0.29, 0.717) is 26.3 Å². The predicted molar refractivity (Wildman–Crippen MR) is 82.4 cm³/mol. The number of rotatable bonds is 3. The molecule has 2 aromatic carbocycles. The lowest BCUT2D eigenvalue weighted by Crippen LogP contribution is -2.41. The van der Waals surface area contributed by atoms with E-state index in [-0.39, 0.29) is 5.91 Å². The van der Waals surface area contributed by atoms with Crippen LogP contribution in [0, 0.1) is 0 Å². The van der Waals surface area contributed by atoms with E-state index in [1.165, 1.54) is 5.56 Å². The van der Waals surface area contributed by atoms with E-state index < -0.39 is 0 Å². The molecule has 0 atom stereocenters. The van der Waals surface area contributed by atoms with Crippen LogP contribution in [0.4, 0.5) is 0 Å². The molecule has 1 aliphatic heterocycles. The standard InChI is InChI=1S/C18H19NO2/c20-18(19-10-12-21-13-11-19)17-9-5-4-8-16(17)14-15-6-2-1-3-7-15/h1-9H,10-14H2. The first-order valence-corrected chi connectivity index (χ1v) is 7.33. The number of amides is 1. The molecule has 0 aromatic heterocycles. The molecule has 1 heterocycles. The first-order valence-electron chi connectivity index (χ1n) is 7.33. The minimum atomic E-state index is 0.116. The first-order chi connectivity index (χ1) is 10.3. The number of carbonyl (C=O) groups excluding carboxylic acids is 1. The molecule has 21 heavy (non-hydrogen) atoms.